The summed E-state index contributed by atoms with van der Waals surface area (Å²) in [5.41, 5.74) is 0.266. The van der Waals surface area contributed by atoms with Crippen molar-refractivity contribution in [3.63, 3.8) is 0 Å². The fraction of sp³-hybridized carbons (Fsp3) is 0.222. The van der Waals surface area contributed by atoms with Crippen molar-refractivity contribution >= 4 is 62.8 Å². The van der Waals surface area contributed by atoms with Crippen molar-refractivity contribution < 1.29 is 14.6 Å². The van der Waals surface area contributed by atoms with Crippen LogP contribution in [0.25, 0.3) is 0 Å². The van der Waals surface area contributed by atoms with E-state index < -0.39 is 5.97 Å². The lowest BCUT2D eigenvalue weighted by molar-refractivity contribution is 0.0696. The molecule has 1 aromatic rings. The third-order valence-corrected chi connectivity index (χ3v) is 3.33. The van der Waals surface area contributed by atoms with E-state index in [2.05, 4.69) is 0 Å². The molecule has 0 fully saturated rings. The molecule has 0 heterocycles. The van der Waals surface area contributed by atoms with Crippen molar-refractivity contribution in [3.8, 4) is 5.75 Å². The number of halogens is 3. The summed E-state index contributed by atoms with van der Waals surface area (Å²) >= 11 is 9.61. The van der Waals surface area contributed by atoms with Gasteiger partial charge >= 0.3 is 5.97 Å². The van der Waals surface area contributed by atoms with Crippen molar-refractivity contribution in [2.75, 3.05) is 12.5 Å². The maximum Gasteiger partial charge on any atom is 0.335 e. The van der Waals surface area contributed by atoms with Crippen molar-refractivity contribution in [1.82, 2.24) is 0 Å². The van der Waals surface area contributed by atoms with Crippen molar-refractivity contribution in [2.24, 2.45) is 0 Å². The van der Waals surface area contributed by atoms with Crippen molar-refractivity contribution in [3.05, 3.63) is 24.8 Å². The number of benzene rings is 1. The SMILES string of the molecule is O=C(O)c1cc(I)c(OCCCl)c(I)c1. The minimum Gasteiger partial charge on any atom is -0.490 e. The molecule has 3 nitrogen and oxygen atoms in total. The van der Waals surface area contributed by atoms with E-state index in [-0.39, 0.29) is 5.56 Å². The monoisotopic (exact) mass is 452 g/mol. The van der Waals surface area contributed by atoms with E-state index in [0.29, 0.717) is 18.2 Å². The molecule has 0 unspecified atom stereocenters. The lowest BCUT2D eigenvalue weighted by atomic mass is 10.2. The van der Waals surface area contributed by atoms with Crippen LogP contribution in [0, 0.1) is 7.14 Å². The molecule has 0 aliphatic rings. The molecule has 1 rings (SSSR count). The number of aromatic carboxylic acids is 1. The summed E-state index contributed by atoms with van der Waals surface area (Å²) in [6.45, 7) is 0.417. The van der Waals surface area contributed by atoms with Crippen LogP contribution in [0.3, 0.4) is 0 Å². The third kappa shape index (κ3) is 3.63. The molecule has 1 aromatic carbocycles. The highest BCUT2D eigenvalue weighted by Crippen LogP contribution is 2.28. The van der Waals surface area contributed by atoms with Gasteiger partial charge in [-0.1, -0.05) is 0 Å². The van der Waals surface area contributed by atoms with Crippen LogP contribution in [-0.2, 0) is 0 Å². The number of carbonyl (C=O) groups is 1. The molecule has 82 valence electrons. The second-order valence-corrected chi connectivity index (χ2v) is 5.31. The fourth-order valence-electron chi connectivity index (χ4n) is 0.962. The van der Waals surface area contributed by atoms with Crippen LogP contribution < -0.4 is 4.74 Å². The molecular weight excluding hydrogens is 445 g/mol. The molecular formula is C9H7ClI2O3. The molecule has 0 radical (unpaired) electrons. The van der Waals surface area contributed by atoms with Gasteiger partial charge in [-0.05, 0) is 57.3 Å². The Morgan fingerprint density at radius 1 is 1.40 bits per heavy atom. The average molecular weight is 452 g/mol. The molecule has 0 atom stereocenters. The summed E-state index contributed by atoms with van der Waals surface area (Å²) in [4.78, 5) is 10.8. The zero-order valence-corrected chi connectivity index (χ0v) is 12.5. The first-order valence-electron chi connectivity index (χ1n) is 3.97. The Morgan fingerprint density at radius 2 is 1.93 bits per heavy atom. The number of hydrogen-bond acceptors (Lipinski definition) is 2. The summed E-state index contributed by atoms with van der Waals surface area (Å²) in [5.74, 6) is 0.170. The zero-order chi connectivity index (χ0) is 11.4. The molecule has 1 N–H and O–H groups in total. The van der Waals surface area contributed by atoms with Crippen molar-refractivity contribution in [1.29, 1.82) is 0 Å². The first-order chi connectivity index (χ1) is 7.06. The Balaban J connectivity index is 3.04. The molecule has 0 aliphatic carbocycles. The number of alkyl halides is 1. The minimum atomic E-state index is -0.935. The number of hydrogen-bond donors (Lipinski definition) is 1. The number of carboxylic acid groups (broad SMARTS) is 1. The first kappa shape index (κ1) is 13.3. The Labute approximate surface area is 119 Å². The molecule has 0 amide bonds. The Morgan fingerprint density at radius 3 is 2.33 bits per heavy atom. The summed E-state index contributed by atoms with van der Waals surface area (Å²) in [5, 5.41) is 8.83. The maximum atomic E-state index is 10.8. The summed E-state index contributed by atoms with van der Waals surface area (Å²) < 4.78 is 6.97. The van der Waals surface area contributed by atoms with E-state index in [1.807, 2.05) is 45.2 Å². The van der Waals surface area contributed by atoms with Gasteiger partial charge in [-0.25, -0.2) is 4.79 Å². The van der Waals surface area contributed by atoms with Crippen LogP contribution >= 0.6 is 56.8 Å². The van der Waals surface area contributed by atoms with Gasteiger partial charge in [0.05, 0.1) is 18.6 Å². The molecule has 6 heteroatoms. The second-order valence-electron chi connectivity index (χ2n) is 2.61. The number of rotatable bonds is 4. The van der Waals surface area contributed by atoms with E-state index in [9.17, 15) is 4.79 Å². The van der Waals surface area contributed by atoms with Gasteiger partial charge in [0.25, 0.3) is 0 Å². The maximum absolute atomic E-state index is 10.8. The molecule has 0 bridgehead atoms. The van der Waals surface area contributed by atoms with Gasteiger partial charge in [0.15, 0.2) is 0 Å². The average Bonchev–Trinajstić information content (AvgIpc) is 2.16. The van der Waals surface area contributed by atoms with Crippen molar-refractivity contribution in [2.45, 2.75) is 0 Å². The highest BCUT2D eigenvalue weighted by molar-refractivity contribution is 14.1. The van der Waals surface area contributed by atoms with Crippen LogP contribution in [0.5, 0.6) is 5.75 Å². The van der Waals surface area contributed by atoms with E-state index in [1.54, 1.807) is 12.1 Å². The highest BCUT2D eigenvalue weighted by Gasteiger charge is 2.12. The normalized spacial score (nSPS) is 10.1. The topological polar surface area (TPSA) is 46.5 Å². The third-order valence-electron chi connectivity index (χ3n) is 1.57. The Bertz CT molecular complexity index is 359. The van der Waals surface area contributed by atoms with Crippen LogP contribution in [0.4, 0.5) is 0 Å². The predicted molar refractivity (Wildman–Crippen MR) is 75.1 cm³/mol. The van der Waals surface area contributed by atoms with Crippen LogP contribution in [-0.4, -0.2) is 23.6 Å². The summed E-state index contributed by atoms with van der Waals surface area (Å²) in [6, 6.07) is 3.16. The quantitative estimate of drug-likeness (QED) is 0.564. The first-order valence-corrected chi connectivity index (χ1v) is 6.66. The zero-order valence-electron chi connectivity index (χ0n) is 7.47. The van der Waals surface area contributed by atoms with Crippen LogP contribution in [0.15, 0.2) is 12.1 Å². The number of carboxylic acids is 1. The van der Waals surface area contributed by atoms with E-state index >= 15 is 0 Å². The van der Waals surface area contributed by atoms with E-state index in [0.717, 1.165) is 7.14 Å². The van der Waals surface area contributed by atoms with Gasteiger partial charge in [-0.3, -0.25) is 0 Å². The van der Waals surface area contributed by atoms with Crippen LogP contribution in [0.1, 0.15) is 10.4 Å². The standard InChI is InChI=1S/C9H7ClI2O3/c10-1-2-15-8-6(11)3-5(9(13)14)4-7(8)12/h3-4H,1-2H2,(H,13,14). The Hall–Kier alpha value is 0.240. The molecule has 0 saturated heterocycles. The fourth-order valence-corrected chi connectivity index (χ4v) is 3.12. The lowest BCUT2D eigenvalue weighted by Crippen LogP contribution is -2.04. The van der Waals surface area contributed by atoms with E-state index in [4.69, 9.17) is 21.4 Å². The summed E-state index contributed by atoms with van der Waals surface area (Å²) in [6.07, 6.45) is 0. The molecule has 15 heavy (non-hydrogen) atoms. The van der Waals surface area contributed by atoms with Gasteiger partial charge in [0.1, 0.15) is 12.4 Å². The molecule has 0 aliphatic heterocycles. The van der Waals surface area contributed by atoms with E-state index in [1.165, 1.54) is 0 Å². The van der Waals surface area contributed by atoms with Gasteiger partial charge in [-0.2, -0.15) is 0 Å². The lowest BCUT2D eigenvalue weighted by Gasteiger charge is -2.09. The van der Waals surface area contributed by atoms with Gasteiger partial charge < -0.3 is 9.84 Å². The second kappa shape index (κ2) is 6.09. The molecule has 0 aromatic heterocycles. The molecule has 0 saturated carbocycles. The van der Waals surface area contributed by atoms with Gasteiger partial charge in [-0.15, -0.1) is 11.6 Å². The predicted octanol–water partition coefficient (Wildman–Crippen LogP) is 3.21. The minimum absolute atomic E-state index is 0.266. The smallest absolute Gasteiger partial charge is 0.335 e. The number of ether oxygens (including phenoxy) is 1. The van der Waals surface area contributed by atoms with Gasteiger partial charge in [0.2, 0.25) is 0 Å². The highest BCUT2D eigenvalue weighted by atomic mass is 127. The molecule has 0 spiro atoms. The Kier molecular flexibility index (Phi) is 5.41. The van der Waals surface area contributed by atoms with Crippen LogP contribution in [0.2, 0.25) is 0 Å². The summed E-state index contributed by atoms with van der Waals surface area (Å²) in [7, 11) is 0. The largest absolute Gasteiger partial charge is 0.490 e. The van der Waals surface area contributed by atoms with Gasteiger partial charge in [0, 0.05) is 0 Å².